The number of guanidine groups is 1. The summed E-state index contributed by atoms with van der Waals surface area (Å²) in [5, 5.41) is 3.36. The summed E-state index contributed by atoms with van der Waals surface area (Å²) in [4.78, 5) is 24.8. The van der Waals surface area contributed by atoms with Gasteiger partial charge in [-0.1, -0.05) is 36.4 Å². The van der Waals surface area contributed by atoms with E-state index >= 15 is 0 Å². The normalized spacial score (nSPS) is 14.6. The summed E-state index contributed by atoms with van der Waals surface area (Å²) in [6.45, 7) is 8.40. The molecule has 1 amide bonds. The predicted octanol–water partition coefficient (Wildman–Crippen LogP) is 2.29. The van der Waals surface area contributed by atoms with E-state index in [0.29, 0.717) is 19.0 Å². The highest BCUT2D eigenvalue weighted by atomic mass is 16.5. The van der Waals surface area contributed by atoms with Crippen molar-refractivity contribution in [1.82, 2.24) is 20.1 Å². The van der Waals surface area contributed by atoms with Crippen LogP contribution in [0.15, 0.2) is 53.7 Å². The number of carbonyl (C=O) groups excluding carboxylic acids is 1. The van der Waals surface area contributed by atoms with Crippen LogP contribution in [-0.2, 0) is 17.9 Å². The van der Waals surface area contributed by atoms with Crippen molar-refractivity contribution < 1.29 is 9.53 Å². The van der Waals surface area contributed by atoms with Crippen molar-refractivity contribution in [3.05, 3.63) is 59.8 Å². The summed E-state index contributed by atoms with van der Waals surface area (Å²) in [7, 11) is 0. The zero-order valence-electron chi connectivity index (χ0n) is 17.2. The molecule has 0 bridgehead atoms. The largest absolute Gasteiger partial charge is 0.473 e. The van der Waals surface area contributed by atoms with E-state index in [9.17, 15) is 4.79 Å². The monoisotopic (exact) mass is 395 g/mol. The number of aliphatic imine (C=N–C) groups is 1. The highest BCUT2D eigenvalue weighted by Gasteiger charge is 2.21. The third-order valence-corrected chi connectivity index (χ3v) is 4.83. The zero-order valence-corrected chi connectivity index (χ0v) is 17.2. The van der Waals surface area contributed by atoms with Crippen LogP contribution < -0.4 is 10.1 Å². The minimum Gasteiger partial charge on any atom is -0.473 e. The second-order valence-corrected chi connectivity index (χ2v) is 6.91. The highest BCUT2D eigenvalue weighted by molar-refractivity contribution is 5.80. The Bertz CT molecular complexity index is 817. The third kappa shape index (κ3) is 5.94. The van der Waals surface area contributed by atoms with E-state index in [4.69, 9.17) is 9.73 Å². The van der Waals surface area contributed by atoms with Crippen molar-refractivity contribution >= 4 is 11.9 Å². The second-order valence-electron chi connectivity index (χ2n) is 6.91. The lowest BCUT2D eigenvalue weighted by atomic mass is 10.2. The van der Waals surface area contributed by atoms with Crippen LogP contribution in [0.3, 0.4) is 0 Å². The van der Waals surface area contributed by atoms with Crippen LogP contribution in [0.5, 0.6) is 5.88 Å². The molecule has 7 nitrogen and oxygen atoms in total. The van der Waals surface area contributed by atoms with Crippen molar-refractivity contribution in [2.24, 2.45) is 4.99 Å². The molecule has 0 aliphatic carbocycles. The first-order valence-corrected chi connectivity index (χ1v) is 10.1. The highest BCUT2D eigenvalue weighted by Crippen LogP contribution is 2.17. The molecule has 1 aliphatic rings. The first-order valence-electron chi connectivity index (χ1n) is 10.1. The fourth-order valence-electron chi connectivity index (χ4n) is 3.22. The Hall–Kier alpha value is -3.09. The van der Waals surface area contributed by atoms with Gasteiger partial charge in [0.25, 0.3) is 0 Å². The first kappa shape index (κ1) is 20.6. The van der Waals surface area contributed by atoms with Gasteiger partial charge in [-0.15, -0.1) is 0 Å². The second kappa shape index (κ2) is 10.5. The Kier molecular flexibility index (Phi) is 7.44. The van der Waals surface area contributed by atoms with E-state index < -0.39 is 0 Å². The molecule has 0 unspecified atom stereocenters. The van der Waals surface area contributed by atoms with Gasteiger partial charge in [0.2, 0.25) is 11.8 Å². The molecule has 7 heteroatoms. The topological polar surface area (TPSA) is 70.1 Å². The maximum absolute atomic E-state index is 11.6. The number of benzene rings is 1. The van der Waals surface area contributed by atoms with E-state index in [-0.39, 0.29) is 5.91 Å². The fraction of sp³-hybridized carbons (Fsp3) is 0.409. The third-order valence-electron chi connectivity index (χ3n) is 4.83. The summed E-state index contributed by atoms with van der Waals surface area (Å²) in [5.41, 5.74) is 2.05. The van der Waals surface area contributed by atoms with Crippen LogP contribution in [0.25, 0.3) is 0 Å². The van der Waals surface area contributed by atoms with Gasteiger partial charge in [-0.05, 0) is 18.6 Å². The molecule has 3 rings (SSSR count). The minimum absolute atomic E-state index is 0.127. The van der Waals surface area contributed by atoms with E-state index in [1.807, 2.05) is 47.4 Å². The first-order chi connectivity index (χ1) is 14.2. The van der Waals surface area contributed by atoms with Crippen molar-refractivity contribution in [2.75, 3.05) is 32.7 Å². The van der Waals surface area contributed by atoms with Crippen LogP contribution in [0.2, 0.25) is 0 Å². The number of piperazine rings is 1. The molecule has 0 radical (unpaired) electrons. The average Bonchev–Trinajstić information content (AvgIpc) is 2.76. The quantitative estimate of drug-likeness (QED) is 0.600. The van der Waals surface area contributed by atoms with Crippen LogP contribution >= 0.6 is 0 Å². The molecule has 154 valence electrons. The van der Waals surface area contributed by atoms with E-state index in [2.05, 4.69) is 22.1 Å². The van der Waals surface area contributed by atoms with Crippen LogP contribution in [0.1, 0.15) is 25.0 Å². The Balaban J connectivity index is 1.65. The van der Waals surface area contributed by atoms with Crippen molar-refractivity contribution in [2.45, 2.75) is 27.0 Å². The summed E-state index contributed by atoms with van der Waals surface area (Å²) in [6.07, 6.45) is 1.74. The number of nitrogens with one attached hydrogen (secondary N) is 1. The van der Waals surface area contributed by atoms with Gasteiger partial charge < -0.3 is 19.9 Å². The summed E-state index contributed by atoms with van der Waals surface area (Å²) in [5.74, 6) is 1.59. The molecule has 2 heterocycles. The number of hydrogen-bond donors (Lipinski definition) is 1. The van der Waals surface area contributed by atoms with E-state index in [1.54, 1.807) is 13.1 Å². The number of rotatable bonds is 6. The molecule has 0 saturated carbocycles. The molecular weight excluding hydrogens is 366 g/mol. The zero-order chi connectivity index (χ0) is 20.5. The number of carbonyl (C=O) groups is 1. The number of pyridine rings is 1. The minimum atomic E-state index is 0.127. The summed E-state index contributed by atoms with van der Waals surface area (Å²) < 4.78 is 5.94. The Labute approximate surface area is 172 Å². The van der Waals surface area contributed by atoms with Gasteiger partial charge in [-0.3, -0.25) is 4.79 Å². The molecule has 0 spiro atoms. The standard InChI is InChI=1S/C22H29N5O2/c1-3-23-22(27-14-12-26(13-15-27)18(2)28)25-16-20-10-7-11-24-21(20)29-17-19-8-5-4-6-9-19/h4-11H,3,12-17H2,1-2H3,(H,23,25). The lowest BCUT2D eigenvalue weighted by Gasteiger charge is -2.36. The maximum atomic E-state index is 11.6. The number of ether oxygens (including phenoxy) is 1. The van der Waals surface area contributed by atoms with Crippen LogP contribution in [0.4, 0.5) is 0 Å². The number of hydrogen-bond acceptors (Lipinski definition) is 4. The van der Waals surface area contributed by atoms with E-state index in [1.165, 1.54) is 0 Å². The predicted molar refractivity (Wildman–Crippen MR) is 114 cm³/mol. The van der Waals surface area contributed by atoms with Gasteiger partial charge in [0.15, 0.2) is 5.96 Å². The number of nitrogens with zero attached hydrogens (tertiary/aromatic N) is 4. The van der Waals surface area contributed by atoms with Crippen molar-refractivity contribution in [3.63, 3.8) is 0 Å². The van der Waals surface area contributed by atoms with Crippen LogP contribution in [0, 0.1) is 0 Å². The van der Waals surface area contributed by atoms with Crippen molar-refractivity contribution in [3.8, 4) is 5.88 Å². The van der Waals surface area contributed by atoms with Crippen LogP contribution in [-0.4, -0.2) is 59.4 Å². The number of amides is 1. The van der Waals surface area contributed by atoms with Gasteiger partial charge in [-0.2, -0.15) is 0 Å². The molecule has 1 fully saturated rings. The van der Waals surface area contributed by atoms with Crippen molar-refractivity contribution in [1.29, 1.82) is 0 Å². The molecule has 1 saturated heterocycles. The SMILES string of the molecule is CCNC(=NCc1cccnc1OCc1ccccc1)N1CCN(C(C)=O)CC1. The maximum Gasteiger partial charge on any atom is 0.219 e. The molecule has 1 aromatic carbocycles. The lowest BCUT2D eigenvalue weighted by Crippen LogP contribution is -2.53. The molecular formula is C22H29N5O2. The smallest absolute Gasteiger partial charge is 0.219 e. The summed E-state index contributed by atoms with van der Waals surface area (Å²) in [6, 6.07) is 13.9. The molecule has 29 heavy (non-hydrogen) atoms. The lowest BCUT2D eigenvalue weighted by molar-refractivity contribution is -0.130. The Morgan fingerprint density at radius 3 is 2.52 bits per heavy atom. The van der Waals surface area contributed by atoms with Gasteiger partial charge in [0.05, 0.1) is 6.54 Å². The number of aromatic nitrogens is 1. The van der Waals surface area contributed by atoms with E-state index in [0.717, 1.165) is 49.8 Å². The van der Waals surface area contributed by atoms with Gasteiger partial charge in [-0.25, -0.2) is 9.98 Å². The van der Waals surface area contributed by atoms with Gasteiger partial charge >= 0.3 is 0 Å². The summed E-state index contributed by atoms with van der Waals surface area (Å²) >= 11 is 0. The molecule has 1 aliphatic heterocycles. The fourth-order valence-corrected chi connectivity index (χ4v) is 3.22. The average molecular weight is 396 g/mol. The van der Waals surface area contributed by atoms with Gasteiger partial charge in [0, 0.05) is 51.4 Å². The Morgan fingerprint density at radius 1 is 1.10 bits per heavy atom. The molecule has 0 atom stereocenters. The molecule has 1 aromatic heterocycles. The molecule has 2 aromatic rings. The molecule has 1 N–H and O–H groups in total. The Morgan fingerprint density at radius 2 is 1.83 bits per heavy atom. The van der Waals surface area contributed by atoms with Gasteiger partial charge in [0.1, 0.15) is 6.61 Å².